The van der Waals surface area contributed by atoms with Gasteiger partial charge in [0.2, 0.25) is 0 Å². The van der Waals surface area contributed by atoms with Crippen molar-refractivity contribution in [3.8, 4) is 0 Å². The second kappa shape index (κ2) is 6.95. The number of hydrogen-bond donors (Lipinski definition) is 3. The number of carbonyl (C=O) groups is 1. The van der Waals surface area contributed by atoms with E-state index in [1.807, 2.05) is 6.07 Å². The number of aliphatic hydroxyl groups is 1. The van der Waals surface area contributed by atoms with Gasteiger partial charge in [-0.2, -0.15) is 0 Å². The van der Waals surface area contributed by atoms with Gasteiger partial charge in [-0.05, 0) is 19.0 Å². The van der Waals surface area contributed by atoms with Crippen LogP contribution in [0.2, 0.25) is 5.02 Å². The molecule has 0 saturated carbocycles. The van der Waals surface area contributed by atoms with Gasteiger partial charge in [0.15, 0.2) is 11.9 Å². The number of halogens is 1. The van der Waals surface area contributed by atoms with E-state index in [9.17, 15) is 9.90 Å². The Morgan fingerprint density at radius 3 is 3.12 bits per heavy atom. The molecule has 3 N–H and O–H groups in total. The Morgan fingerprint density at radius 1 is 1.52 bits per heavy atom. The SMILES string of the molecule is O=C(C(O)COCC1CCN1)N1CCN2c3ncc(Cl)cc3NC2C1. The van der Waals surface area contributed by atoms with Gasteiger partial charge in [0, 0.05) is 25.3 Å². The number of nitrogens with zero attached hydrogens (tertiary/aromatic N) is 3. The van der Waals surface area contributed by atoms with Crippen LogP contribution in [0.15, 0.2) is 12.3 Å². The Kier molecular flexibility index (Phi) is 4.68. The lowest BCUT2D eigenvalue weighted by Crippen LogP contribution is -2.57. The zero-order chi connectivity index (χ0) is 17.4. The zero-order valence-electron chi connectivity index (χ0n) is 13.8. The summed E-state index contributed by atoms with van der Waals surface area (Å²) in [6.07, 6.45) is 1.53. The van der Waals surface area contributed by atoms with Crippen LogP contribution in [0.3, 0.4) is 0 Å². The van der Waals surface area contributed by atoms with E-state index in [1.165, 1.54) is 0 Å². The minimum Gasteiger partial charge on any atom is -0.381 e. The van der Waals surface area contributed by atoms with E-state index < -0.39 is 6.10 Å². The quantitative estimate of drug-likeness (QED) is 0.668. The molecule has 8 nitrogen and oxygen atoms in total. The Labute approximate surface area is 151 Å². The van der Waals surface area contributed by atoms with Crippen molar-refractivity contribution < 1.29 is 14.6 Å². The number of fused-ring (bicyclic) bond motifs is 3. The molecule has 3 atom stereocenters. The number of hydrogen-bond acceptors (Lipinski definition) is 7. The van der Waals surface area contributed by atoms with Gasteiger partial charge in [0.05, 0.1) is 30.5 Å². The third-order valence-electron chi connectivity index (χ3n) is 4.93. The maximum Gasteiger partial charge on any atom is 0.254 e. The average Bonchev–Trinajstić information content (AvgIpc) is 2.92. The molecule has 3 aliphatic rings. The van der Waals surface area contributed by atoms with Crippen LogP contribution in [0.25, 0.3) is 0 Å². The highest BCUT2D eigenvalue weighted by Gasteiger charge is 2.37. The van der Waals surface area contributed by atoms with Crippen molar-refractivity contribution in [2.75, 3.05) is 49.6 Å². The highest BCUT2D eigenvalue weighted by Crippen LogP contribution is 2.35. The molecule has 1 aromatic heterocycles. The number of nitrogens with one attached hydrogen (secondary N) is 2. The largest absolute Gasteiger partial charge is 0.381 e. The zero-order valence-corrected chi connectivity index (χ0v) is 14.6. The number of piperazine rings is 1. The minimum atomic E-state index is -1.12. The van der Waals surface area contributed by atoms with Crippen molar-refractivity contribution in [2.24, 2.45) is 0 Å². The molecule has 4 rings (SSSR count). The van der Waals surface area contributed by atoms with Gasteiger partial charge < -0.3 is 30.3 Å². The highest BCUT2D eigenvalue weighted by molar-refractivity contribution is 6.30. The molecule has 136 valence electrons. The van der Waals surface area contributed by atoms with Crippen molar-refractivity contribution in [2.45, 2.75) is 24.7 Å². The first-order valence-corrected chi connectivity index (χ1v) is 8.96. The van der Waals surface area contributed by atoms with Gasteiger partial charge in [0.25, 0.3) is 5.91 Å². The Morgan fingerprint density at radius 2 is 2.36 bits per heavy atom. The molecule has 0 spiro atoms. The number of ether oxygens (including phenoxy) is 1. The first-order valence-electron chi connectivity index (χ1n) is 8.58. The average molecular weight is 368 g/mol. The van der Waals surface area contributed by atoms with Crippen molar-refractivity contribution in [1.29, 1.82) is 0 Å². The van der Waals surface area contributed by atoms with Crippen LogP contribution in [-0.2, 0) is 9.53 Å². The van der Waals surface area contributed by atoms with Crippen LogP contribution in [-0.4, -0.2) is 78.6 Å². The fourth-order valence-electron chi connectivity index (χ4n) is 3.40. The third-order valence-corrected chi connectivity index (χ3v) is 5.13. The van der Waals surface area contributed by atoms with Crippen LogP contribution in [0.5, 0.6) is 0 Å². The molecule has 2 fully saturated rings. The molecule has 0 aliphatic carbocycles. The highest BCUT2D eigenvalue weighted by atomic mass is 35.5. The lowest BCUT2D eigenvalue weighted by atomic mass is 10.1. The summed E-state index contributed by atoms with van der Waals surface area (Å²) in [5.41, 5.74) is 0.878. The van der Waals surface area contributed by atoms with E-state index in [-0.39, 0.29) is 18.7 Å². The summed E-state index contributed by atoms with van der Waals surface area (Å²) in [5.74, 6) is 0.573. The molecule has 2 saturated heterocycles. The van der Waals surface area contributed by atoms with Gasteiger partial charge in [0.1, 0.15) is 6.17 Å². The predicted octanol–water partition coefficient (Wildman–Crippen LogP) is -0.125. The van der Waals surface area contributed by atoms with Gasteiger partial charge in [-0.3, -0.25) is 4.79 Å². The second-order valence-electron chi connectivity index (χ2n) is 6.66. The number of aliphatic hydroxyl groups excluding tert-OH is 1. The molecule has 0 bridgehead atoms. The van der Waals surface area contributed by atoms with Crippen LogP contribution in [0.4, 0.5) is 11.5 Å². The first kappa shape index (κ1) is 16.8. The van der Waals surface area contributed by atoms with Gasteiger partial charge in [-0.25, -0.2) is 4.98 Å². The van der Waals surface area contributed by atoms with Crippen LogP contribution >= 0.6 is 11.6 Å². The molecule has 0 aromatic carbocycles. The normalized spacial score (nSPS) is 25.7. The fraction of sp³-hybridized carbons (Fsp3) is 0.625. The summed E-state index contributed by atoms with van der Waals surface area (Å²) in [7, 11) is 0. The lowest BCUT2D eigenvalue weighted by Gasteiger charge is -2.38. The van der Waals surface area contributed by atoms with Crippen molar-refractivity contribution >= 4 is 29.0 Å². The van der Waals surface area contributed by atoms with E-state index in [0.29, 0.717) is 37.3 Å². The fourth-order valence-corrected chi connectivity index (χ4v) is 3.56. The smallest absolute Gasteiger partial charge is 0.254 e. The predicted molar refractivity (Wildman–Crippen MR) is 93.8 cm³/mol. The summed E-state index contributed by atoms with van der Waals surface area (Å²) < 4.78 is 5.45. The first-order chi connectivity index (χ1) is 12.1. The van der Waals surface area contributed by atoms with E-state index in [4.69, 9.17) is 16.3 Å². The number of anilines is 2. The Balaban J connectivity index is 1.30. The van der Waals surface area contributed by atoms with E-state index in [2.05, 4.69) is 20.5 Å². The topological polar surface area (TPSA) is 90.0 Å². The summed E-state index contributed by atoms with van der Waals surface area (Å²) in [6, 6.07) is 2.19. The van der Waals surface area contributed by atoms with Crippen molar-refractivity contribution in [3.63, 3.8) is 0 Å². The number of pyridine rings is 1. The Bertz CT molecular complexity index is 657. The maximum absolute atomic E-state index is 12.5. The van der Waals surface area contributed by atoms with Gasteiger partial charge in [-0.15, -0.1) is 0 Å². The molecule has 9 heteroatoms. The molecule has 1 aromatic rings. The molecule has 4 heterocycles. The number of aromatic nitrogens is 1. The summed E-state index contributed by atoms with van der Waals surface area (Å²) in [5, 5.41) is 17.3. The molecule has 1 amide bonds. The van der Waals surface area contributed by atoms with Gasteiger partial charge >= 0.3 is 0 Å². The summed E-state index contributed by atoms with van der Waals surface area (Å²) in [4.78, 5) is 20.6. The number of amides is 1. The lowest BCUT2D eigenvalue weighted by molar-refractivity contribution is -0.144. The number of carbonyl (C=O) groups excluding carboxylic acids is 1. The molecule has 3 unspecified atom stereocenters. The van der Waals surface area contributed by atoms with E-state index in [1.54, 1.807) is 11.1 Å². The maximum atomic E-state index is 12.5. The molecule has 25 heavy (non-hydrogen) atoms. The minimum absolute atomic E-state index is 0.0344. The standard InChI is InChI=1S/C16H22ClN5O3/c17-10-5-12-15(19-6-10)22-4-3-21(7-14(22)20-12)16(24)13(23)9-25-8-11-1-2-18-11/h5-6,11,13-14,18,20,23H,1-4,7-9H2. The van der Waals surface area contributed by atoms with E-state index >= 15 is 0 Å². The molecular formula is C16H22ClN5O3. The Hall–Kier alpha value is -1.61. The molecule has 0 radical (unpaired) electrons. The van der Waals surface area contributed by atoms with Gasteiger partial charge in [-0.1, -0.05) is 11.6 Å². The van der Waals surface area contributed by atoms with Crippen molar-refractivity contribution in [3.05, 3.63) is 17.3 Å². The van der Waals surface area contributed by atoms with Crippen molar-refractivity contribution in [1.82, 2.24) is 15.2 Å². The monoisotopic (exact) mass is 367 g/mol. The third kappa shape index (κ3) is 3.39. The second-order valence-corrected chi connectivity index (χ2v) is 7.09. The van der Waals surface area contributed by atoms with Crippen LogP contribution < -0.4 is 15.5 Å². The van der Waals surface area contributed by atoms with Crippen LogP contribution in [0.1, 0.15) is 6.42 Å². The van der Waals surface area contributed by atoms with Crippen LogP contribution in [0, 0.1) is 0 Å². The summed E-state index contributed by atoms with van der Waals surface area (Å²) >= 11 is 5.99. The molecular weight excluding hydrogens is 346 g/mol. The molecule has 3 aliphatic heterocycles. The summed E-state index contributed by atoms with van der Waals surface area (Å²) in [6.45, 7) is 3.26. The number of rotatable bonds is 5. The van der Waals surface area contributed by atoms with E-state index in [0.717, 1.165) is 24.5 Å².